The summed E-state index contributed by atoms with van der Waals surface area (Å²) in [6.45, 7) is 0. The van der Waals surface area contributed by atoms with Gasteiger partial charge in [0.25, 0.3) is 0 Å². The van der Waals surface area contributed by atoms with Crippen molar-refractivity contribution in [2.45, 2.75) is 18.4 Å². The molecule has 1 atom stereocenters. The molecule has 0 amide bonds. The lowest BCUT2D eigenvalue weighted by atomic mass is 9.85. The molecule has 110 valence electrons. The first-order valence-corrected chi connectivity index (χ1v) is 6.89. The van der Waals surface area contributed by atoms with Gasteiger partial charge in [-0.25, -0.2) is 4.39 Å². The van der Waals surface area contributed by atoms with Gasteiger partial charge in [-0.2, -0.15) is 0 Å². The molecule has 1 unspecified atom stereocenters. The minimum Gasteiger partial charge on any atom is -0.497 e. The minimum absolute atomic E-state index is 0.228. The number of hydrogen-bond acceptors (Lipinski definition) is 3. The Bertz CT molecular complexity index is 686. The Morgan fingerprint density at radius 1 is 1.10 bits per heavy atom. The van der Waals surface area contributed by atoms with Gasteiger partial charge in [-0.1, -0.05) is 12.1 Å². The molecule has 0 heterocycles. The number of rotatable bonds is 3. The van der Waals surface area contributed by atoms with E-state index in [2.05, 4.69) is 0 Å². The minimum atomic E-state index is -0.684. The lowest BCUT2D eigenvalue weighted by Gasteiger charge is -2.27. The number of benzene rings is 2. The maximum atomic E-state index is 14.0. The number of methoxy groups -OCH3 is 2. The van der Waals surface area contributed by atoms with E-state index in [1.165, 1.54) is 18.7 Å². The molecular weight excluding hydrogens is 269 g/mol. The van der Waals surface area contributed by atoms with Gasteiger partial charge < -0.3 is 15.2 Å². The van der Waals surface area contributed by atoms with Gasteiger partial charge in [-0.05, 0) is 53.8 Å². The second kappa shape index (κ2) is 5.04. The summed E-state index contributed by atoms with van der Waals surface area (Å²) < 4.78 is 24.2. The Morgan fingerprint density at radius 2 is 1.90 bits per heavy atom. The number of nitrogens with two attached hydrogens (primary N) is 1. The van der Waals surface area contributed by atoms with E-state index in [-0.39, 0.29) is 5.75 Å². The van der Waals surface area contributed by atoms with Gasteiger partial charge in [0.1, 0.15) is 5.75 Å². The van der Waals surface area contributed by atoms with Gasteiger partial charge in [0, 0.05) is 0 Å². The van der Waals surface area contributed by atoms with E-state index < -0.39 is 11.4 Å². The molecule has 0 saturated carbocycles. The van der Waals surface area contributed by atoms with Crippen LogP contribution in [-0.2, 0) is 12.0 Å². The molecule has 3 nitrogen and oxygen atoms in total. The van der Waals surface area contributed by atoms with Gasteiger partial charge in [-0.3, -0.25) is 0 Å². The highest BCUT2D eigenvalue weighted by atomic mass is 19.1. The molecule has 2 aromatic rings. The second-order valence-corrected chi connectivity index (χ2v) is 5.34. The van der Waals surface area contributed by atoms with E-state index in [1.807, 2.05) is 24.3 Å². The molecule has 1 aliphatic carbocycles. The summed E-state index contributed by atoms with van der Waals surface area (Å²) in [7, 11) is 3.08. The molecular formula is C17H18FNO2. The highest BCUT2D eigenvalue weighted by molar-refractivity contribution is 5.50. The van der Waals surface area contributed by atoms with Crippen LogP contribution in [0.25, 0.3) is 0 Å². The van der Waals surface area contributed by atoms with Crippen LogP contribution in [0, 0.1) is 5.82 Å². The average Bonchev–Trinajstić information content (AvgIpc) is 2.85. The first kappa shape index (κ1) is 13.9. The van der Waals surface area contributed by atoms with Crippen molar-refractivity contribution >= 4 is 0 Å². The maximum absolute atomic E-state index is 14.0. The first-order valence-electron chi connectivity index (χ1n) is 6.89. The molecule has 0 bridgehead atoms. The molecule has 0 aliphatic heterocycles. The van der Waals surface area contributed by atoms with Crippen molar-refractivity contribution in [2.24, 2.45) is 5.73 Å². The van der Waals surface area contributed by atoms with E-state index in [9.17, 15) is 4.39 Å². The molecule has 0 fully saturated rings. The van der Waals surface area contributed by atoms with Crippen molar-refractivity contribution in [3.63, 3.8) is 0 Å². The third-order valence-electron chi connectivity index (χ3n) is 4.25. The van der Waals surface area contributed by atoms with Crippen LogP contribution in [0.2, 0.25) is 0 Å². The Morgan fingerprint density at radius 3 is 2.57 bits per heavy atom. The zero-order chi connectivity index (χ0) is 15.0. The fourth-order valence-corrected chi connectivity index (χ4v) is 3.03. The van der Waals surface area contributed by atoms with Crippen molar-refractivity contribution in [1.29, 1.82) is 0 Å². The smallest absolute Gasteiger partial charge is 0.165 e. The van der Waals surface area contributed by atoms with Crippen molar-refractivity contribution in [2.75, 3.05) is 14.2 Å². The number of ether oxygens (including phenoxy) is 2. The zero-order valence-electron chi connectivity index (χ0n) is 12.2. The highest BCUT2D eigenvalue weighted by Gasteiger charge is 2.37. The van der Waals surface area contributed by atoms with E-state index in [4.69, 9.17) is 15.2 Å². The Kier molecular flexibility index (Phi) is 3.33. The molecule has 2 aromatic carbocycles. The zero-order valence-corrected chi connectivity index (χ0v) is 12.2. The van der Waals surface area contributed by atoms with Crippen LogP contribution < -0.4 is 15.2 Å². The van der Waals surface area contributed by atoms with Crippen LogP contribution in [0.3, 0.4) is 0 Å². The second-order valence-electron chi connectivity index (χ2n) is 5.34. The van der Waals surface area contributed by atoms with E-state index in [0.717, 1.165) is 29.7 Å². The van der Waals surface area contributed by atoms with E-state index in [0.29, 0.717) is 0 Å². The SMILES string of the molecule is COc1ccc2c(c1)C(N)(c1ccc(OC)c(F)c1)CC2. The van der Waals surface area contributed by atoms with Crippen molar-refractivity contribution in [1.82, 2.24) is 0 Å². The lowest BCUT2D eigenvalue weighted by molar-refractivity contribution is 0.384. The van der Waals surface area contributed by atoms with Gasteiger partial charge in [0.15, 0.2) is 11.6 Å². The van der Waals surface area contributed by atoms with Crippen LogP contribution in [-0.4, -0.2) is 14.2 Å². The summed E-state index contributed by atoms with van der Waals surface area (Å²) in [6.07, 6.45) is 1.63. The largest absolute Gasteiger partial charge is 0.497 e. The molecule has 4 heteroatoms. The van der Waals surface area contributed by atoms with Gasteiger partial charge in [0.2, 0.25) is 0 Å². The topological polar surface area (TPSA) is 44.5 Å². The summed E-state index contributed by atoms with van der Waals surface area (Å²) in [5.74, 6) is 0.599. The van der Waals surface area contributed by atoms with E-state index >= 15 is 0 Å². The fourth-order valence-electron chi connectivity index (χ4n) is 3.03. The van der Waals surface area contributed by atoms with Crippen LogP contribution in [0.15, 0.2) is 36.4 Å². The van der Waals surface area contributed by atoms with Crippen molar-refractivity contribution < 1.29 is 13.9 Å². The standard InChI is InChI=1S/C17H18FNO2/c1-20-13-5-3-11-7-8-17(19,14(11)10-13)12-4-6-16(21-2)15(18)9-12/h3-6,9-10H,7-8,19H2,1-2H3. The third kappa shape index (κ3) is 2.16. The Balaban J connectivity index is 2.09. The number of aryl methyl sites for hydroxylation is 1. The van der Waals surface area contributed by atoms with Crippen LogP contribution in [0.4, 0.5) is 4.39 Å². The molecule has 2 N–H and O–H groups in total. The normalized spacial score (nSPS) is 20.2. The quantitative estimate of drug-likeness (QED) is 0.944. The summed E-state index contributed by atoms with van der Waals surface area (Å²) in [5, 5.41) is 0. The van der Waals surface area contributed by atoms with Gasteiger partial charge >= 0.3 is 0 Å². The molecule has 0 radical (unpaired) electrons. The predicted octanol–water partition coefficient (Wildman–Crippen LogP) is 2.99. The predicted molar refractivity (Wildman–Crippen MR) is 79.2 cm³/mol. The molecule has 21 heavy (non-hydrogen) atoms. The lowest BCUT2D eigenvalue weighted by Crippen LogP contribution is -2.35. The number of halogens is 1. The summed E-state index contributed by atoms with van der Waals surface area (Å²) in [6, 6.07) is 10.8. The number of fused-ring (bicyclic) bond motifs is 1. The van der Waals surface area contributed by atoms with Crippen LogP contribution in [0.5, 0.6) is 11.5 Å². The number of hydrogen-bond donors (Lipinski definition) is 1. The third-order valence-corrected chi connectivity index (χ3v) is 4.25. The first-order chi connectivity index (χ1) is 10.1. The molecule has 3 rings (SSSR count). The van der Waals surface area contributed by atoms with Gasteiger partial charge in [0.05, 0.1) is 19.8 Å². The van der Waals surface area contributed by atoms with Crippen LogP contribution >= 0.6 is 0 Å². The highest BCUT2D eigenvalue weighted by Crippen LogP contribution is 2.42. The summed E-state index contributed by atoms with van der Waals surface area (Å²) in [5.41, 5.74) is 8.88. The Labute approximate surface area is 123 Å². The Hall–Kier alpha value is -2.07. The summed E-state index contributed by atoms with van der Waals surface area (Å²) in [4.78, 5) is 0. The monoisotopic (exact) mass is 287 g/mol. The maximum Gasteiger partial charge on any atom is 0.165 e. The van der Waals surface area contributed by atoms with Crippen molar-refractivity contribution in [3.05, 3.63) is 58.9 Å². The van der Waals surface area contributed by atoms with Crippen molar-refractivity contribution in [3.8, 4) is 11.5 Å². The van der Waals surface area contributed by atoms with E-state index in [1.54, 1.807) is 13.2 Å². The molecule has 0 saturated heterocycles. The molecule has 1 aliphatic rings. The summed E-state index contributed by atoms with van der Waals surface area (Å²) >= 11 is 0. The van der Waals surface area contributed by atoms with Crippen LogP contribution in [0.1, 0.15) is 23.1 Å². The van der Waals surface area contributed by atoms with Gasteiger partial charge in [-0.15, -0.1) is 0 Å². The average molecular weight is 287 g/mol. The molecule has 0 spiro atoms. The fraction of sp³-hybridized carbons (Fsp3) is 0.294. The molecule has 0 aromatic heterocycles.